The Hall–Kier alpha value is -7.83. The summed E-state index contributed by atoms with van der Waals surface area (Å²) < 4.78 is 13.0. The first kappa shape index (κ1) is 32.6. The smallest absolute Gasteiger partial charge is 0.164 e. The van der Waals surface area contributed by atoms with E-state index in [9.17, 15) is 0 Å². The number of fused-ring (bicyclic) bond motifs is 6. The summed E-state index contributed by atoms with van der Waals surface area (Å²) in [6.07, 6.45) is 0. The summed E-state index contributed by atoms with van der Waals surface area (Å²) in [4.78, 5) is 17.0. The molecule has 11 rings (SSSR count). The molecule has 0 aliphatic heterocycles. The second-order valence-electron chi connectivity index (χ2n) is 14.0. The normalized spacial score (nSPS) is 11.5. The first-order valence-corrected chi connectivity index (χ1v) is 18.9. The van der Waals surface area contributed by atoms with Crippen LogP contribution < -0.4 is 4.90 Å². The van der Waals surface area contributed by atoms with Crippen molar-refractivity contribution in [2.75, 3.05) is 4.90 Å². The van der Waals surface area contributed by atoms with Gasteiger partial charge >= 0.3 is 0 Å². The summed E-state index contributed by atoms with van der Waals surface area (Å²) in [5, 5.41) is 4.29. The molecule has 0 spiro atoms. The molecule has 11 aromatic rings. The summed E-state index contributed by atoms with van der Waals surface area (Å²) in [5.41, 5.74) is 11.2. The molecule has 0 radical (unpaired) electrons. The first-order chi connectivity index (χ1) is 28.2. The third-order valence-electron chi connectivity index (χ3n) is 10.5. The van der Waals surface area contributed by atoms with Crippen molar-refractivity contribution in [3.05, 3.63) is 194 Å². The Kier molecular flexibility index (Phi) is 7.71. The van der Waals surface area contributed by atoms with Crippen molar-refractivity contribution in [1.82, 2.24) is 15.0 Å². The summed E-state index contributed by atoms with van der Waals surface area (Å²) in [7, 11) is 0. The fraction of sp³-hybridized carbons (Fsp3) is 0. The predicted molar refractivity (Wildman–Crippen MR) is 231 cm³/mol. The van der Waals surface area contributed by atoms with E-state index in [4.69, 9.17) is 23.8 Å². The summed E-state index contributed by atoms with van der Waals surface area (Å²) in [5.74, 6) is 1.84. The zero-order valence-corrected chi connectivity index (χ0v) is 30.6. The van der Waals surface area contributed by atoms with Gasteiger partial charge in [0.25, 0.3) is 0 Å². The Morgan fingerprint density at radius 2 is 0.807 bits per heavy atom. The lowest BCUT2D eigenvalue weighted by molar-refractivity contribution is 0.668. The molecule has 3 heterocycles. The van der Waals surface area contributed by atoms with Crippen molar-refractivity contribution < 1.29 is 8.83 Å². The molecule has 0 bridgehead atoms. The van der Waals surface area contributed by atoms with E-state index >= 15 is 0 Å². The molecule has 0 unspecified atom stereocenters. The summed E-state index contributed by atoms with van der Waals surface area (Å²) in [6, 6.07) is 66.3. The highest BCUT2D eigenvalue weighted by molar-refractivity contribution is 6.10. The van der Waals surface area contributed by atoms with Gasteiger partial charge in [-0.25, -0.2) is 15.0 Å². The Balaban J connectivity index is 0.956. The average Bonchev–Trinajstić information content (AvgIpc) is 3.86. The minimum Gasteiger partial charge on any atom is -0.456 e. The zero-order valence-electron chi connectivity index (χ0n) is 30.6. The highest BCUT2D eigenvalue weighted by Gasteiger charge is 2.20. The highest BCUT2D eigenvalue weighted by Crippen LogP contribution is 2.43. The van der Waals surface area contributed by atoms with Crippen molar-refractivity contribution in [3.8, 4) is 45.3 Å². The van der Waals surface area contributed by atoms with Crippen LogP contribution in [0.25, 0.3) is 89.2 Å². The number of benzene rings is 8. The van der Waals surface area contributed by atoms with Gasteiger partial charge in [-0.05, 0) is 71.8 Å². The van der Waals surface area contributed by atoms with E-state index in [0.717, 1.165) is 88.8 Å². The lowest BCUT2D eigenvalue weighted by Crippen LogP contribution is -2.10. The van der Waals surface area contributed by atoms with Crippen LogP contribution in [0.1, 0.15) is 0 Å². The van der Waals surface area contributed by atoms with Gasteiger partial charge in [-0.2, -0.15) is 0 Å². The minimum atomic E-state index is 0.590. The molecule has 0 aliphatic rings. The van der Waals surface area contributed by atoms with Gasteiger partial charge < -0.3 is 13.7 Å². The SMILES string of the molecule is c1ccc(-c2nc(-c3ccccc3)nc(-c3ccc4c(c3)oc3cc(-c5ccc(N(c6ccccc6)c6cccc7c6oc6ccccc67)cc5)ccc34)n2)cc1. The molecule has 6 nitrogen and oxygen atoms in total. The fourth-order valence-corrected chi connectivity index (χ4v) is 7.75. The van der Waals surface area contributed by atoms with Gasteiger partial charge in [-0.15, -0.1) is 0 Å². The average molecular weight is 733 g/mol. The van der Waals surface area contributed by atoms with E-state index in [-0.39, 0.29) is 0 Å². The zero-order chi connectivity index (χ0) is 37.7. The van der Waals surface area contributed by atoms with E-state index < -0.39 is 0 Å². The molecule has 8 aromatic carbocycles. The van der Waals surface area contributed by atoms with E-state index in [1.54, 1.807) is 0 Å². The molecule has 0 atom stereocenters. The van der Waals surface area contributed by atoms with Crippen molar-refractivity contribution in [1.29, 1.82) is 0 Å². The van der Waals surface area contributed by atoms with Crippen LogP contribution in [-0.2, 0) is 0 Å². The van der Waals surface area contributed by atoms with Gasteiger partial charge in [-0.1, -0.05) is 133 Å². The quantitative estimate of drug-likeness (QED) is 0.162. The lowest BCUT2D eigenvalue weighted by atomic mass is 10.0. The predicted octanol–water partition coefficient (Wildman–Crippen LogP) is 13.8. The molecular formula is C51H32N4O2. The molecule has 268 valence electrons. The molecule has 0 aliphatic carbocycles. The topological polar surface area (TPSA) is 68.2 Å². The molecule has 3 aromatic heterocycles. The van der Waals surface area contributed by atoms with Crippen molar-refractivity contribution in [3.63, 3.8) is 0 Å². The van der Waals surface area contributed by atoms with Crippen LogP contribution in [0.2, 0.25) is 0 Å². The van der Waals surface area contributed by atoms with Gasteiger partial charge in [0.15, 0.2) is 23.1 Å². The van der Waals surface area contributed by atoms with Crippen LogP contribution in [0.3, 0.4) is 0 Å². The van der Waals surface area contributed by atoms with E-state index in [2.05, 4.69) is 114 Å². The Bertz CT molecular complexity index is 3170. The summed E-state index contributed by atoms with van der Waals surface area (Å²) >= 11 is 0. The van der Waals surface area contributed by atoms with Gasteiger partial charge in [0.1, 0.15) is 16.7 Å². The number of rotatable bonds is 7. The van der Waals surface area contributed by atoms with Crippen molar-refractivity contribution >= 4 is 60.9 Å². The number of anilines is 3. The molecule has 0 N–H and O–H groups in total. The minimum absolute atomic E-state index is 0.590. The fourth-order valence-electron chi connectivity index (χ4n) is 7.75. The maximum absolute atomic E-state index is 6.56. The van der Waals surface area contributed by atoms with Gasteiger partial charge in [0.2, 0.25) is 0 Å². The standard InChI is InChI=1S/C51H32N4O2/c1-4-13-34(14-5-1)49-52-50(35-15-6-2-7-16-35)54-51(53-49)37-26-30-42-41-29-25-36(31-46(41)56-47(42)32-37)33-23-27-39(28-24-33)55(38-17-8-3-9-18-38)44-21-12-20-43-40-19-10-11-22-45(40)57-48(43)44/h1-32H. The number of para-hydroxylation sites is 3. The largest absolute Gasteiger partial charge is 0.456 e. The maximum Gasteiger partial charge on any atom is 0.164 e. The first-order valence-electron chi connectivity index (χ1n) is 18.9. The number of aromatic nitrogens is 3. The Morgan fingerprint density at radius 3 is 1.47 bits per heavy atom. The molecule has 0 fully saturated rings. The number of hydrogen-bond donors (Lipinski definition) is 0. The van der Waals surface area contributed by atoms with Crippen molar-refractivity contribution in [2.24, 2.45) is 0 Å². The monoisotopic (exact) mass is 732 g/mol. The Labute approximate surface area is 328 Å². The number of nitrogens with zero attached hydrogens (tertiary/aromatic N) is 4. The lowest BCUT2D eigenvalue weighted by Gasteiger charge is -2.25. The van der Waals surface area contributed by atoms with Crippen LogP contribution in [0.5, 0.6) is 0 Å². The van der Waals surface area contributed by atoms with Crippen LogP contribution in [-0.4, -0.2) is 15.0 Å². The Morgan fingerprint density at radius 1 is 0.316 bits per heavy atom. The second kappa shape index (κ2) is 13.5. The maximum atomic E-state index is 6.56. The molecule has 0 saturated heterocycles. The van der Waals surface area contributed by atoms with Crippen LogP contribution >= 0.6 is 0 Å². The third kappa shape index (κ3) is 5.79. The van der Waals surface area contributed by atoms with Gasteiger partial charge in [0.05, 0.1) is 5.69 Å². The molecule has 57 heavy (non-hydrogen) atoms. The molecule has 0 saturated carbocycles. The van der Waals surface area contributed by atoms with Crippen LogP contribution in [0, 0.1) is 0 Å². The molecule has 0 amide bonds. The van der Waals surface area contributed by atoms with Crippen LogP contribution in [0.4, 0.5) is 17.1 Å². The van der Waals surface area contributed by atoms with Crippen molar-refractivity contribution in [2.45, 2.75) is 0 Å². The van der Waals surface area contributed by atoms with Gasteiger partial charge in [0, 0.05) is 49.6 Å². The number of furan rings is 2. The highest BCUT2D eigenvalue weighted by atomic mass is 16.3. The third-order valence-corrected chi connectivity index (χ3v) is 10.5. The van der Waals surface area contributed by atoms with Crippen LogP contribution in [0.15, 0.2) is 203 Å². The van der Waals surface area contributed by atoms with E-state index in [1.807, 2.05) is 84.9 Å². The van der Waals surface area contributed by atoms with E-state index in [1.165, 1.54) is 0 Å². The number of hydrogen-bond acceptors (Lipinski definition) is 6. The second-order valence-corrected chi connectivity index (χ2v) is 14.0. The summed E-state index contributed by atoms with van der Waals surface area (Å²) in [6.45, 7) is 0. The van der Waals surface area contributed by atoms with Gasteiger partial charge in [-0.3, -0.25) is 0 Å². The molecule has 6 heteroatoms. The van der Waals surface area contributed by atoms with E-state index in [0.29, 0.717) is 17.5 Å². The molecular weight excluding hydrogens is 701 g/mol.